The minimum atomic E-state index is -0.614. The van der Waals surface area contributed by atoms with Crippen molar-refractivity contribution in [3.05, 3.63) is 61.1 Å². The third-order valence-corrected chi connectivity index (χ3v) is 5.84. The molecule has 0 aliphatic rings. The molecule has 0 spiro atoms. The van der Waals surface area contributed by atoms with Crippen LogP contribution in [0.3, 0.4) is 0 Å². The number of fused-ring (bicyclic) bond motifs is 1. The van der Waals surface area contributed by atoms with Crippen LogP contribution < -0.4 is 5.56 Å². The van der Waals surface area contributed by atoms with E-state index in [1.807, 2.05) is 19.9 Å². The van der Waals surface area contributed by atoms with Crippen LogP contribution in [-0.4, -0.2) is 15.5 Å². The second-order valence-electron chi connectivity index (χ2n) is 7.23. The number of rotatable bonds is 4. The van der Waals surface area contributed by atoms with E-state index in [1.54, 1.807) is 26.0 Å². The van der Waals surface area contributed by atoms with Gasteiger partial charge in [0.1, 0.15) is 17.2 Å². The van der Waals surface area contributed by atoms with Crippen LogP contribution in [0, 0.1) is 32.1 Å². The maximum Gasteiger partial charge on any atom is 0.271 e. The maximum atomic E-state index is 13.4. The summed E-state index contributed by atoms with van der Waals surface area (Å²) in [6, 6.07) is 4.96. The Bertz CT molecular complexity index is 1260. The van der Waals surface area contributed by atoms with Crippen molar-refractivity contribution in [2.75, 3.05) is 0 Å². The number of carbonyl (C=O) groups excluding carboxylic acids is 1. The van der Waals surface area contributed by atoms with Gasteiger partial charge in [0.2, 0.25) is 11.7 Å². The van der Waals surface area contributed by atoms with Crippen molar-refractivity contribution in [1.82, 2.24) is 4.57 Å². The van der Waals surface area contributed by atoms with Crippen LogP contribution >= 0.6 is 11.6 Å². The molecule has 0 saturated heterocycles. The number of nitriles is 1. The second-order valence-corrected chi connectivity index (χ2v) is 7.63. The first-order valence-electron chi connectivity index (χ1n) is 9.26. The van der Waals surface area contributed by atoms with Crippen molar-refractivity contribution in [2.24, 2.45) is 0 Å². The molecule has 2 aromatic heterocycles. The van der Waals surface area contributed by atoms with Crippen LogP contribution in [0.5, 0.6) is 5.88 Å². The number of furan rings is 1. The van der Waals surface area contributed by atoms with Gasteiger partial charge in [0, 0.05) is 22.0 Å². The molecular weight excluding hydrogens is 392 g/mol. The average molecular weight is 413 g/mol. The summed E-state index contributed by atoms with van der Waals surface area (Å²) >= 11 is 6.20. The number of carbonyl (C=O) groups is 1. The molecule has 1 atom stereocenters. The molecule has 0 amide bonds. The van der Waals surface area contributed by atoms with Gasteiger partial charge in [0.15, 0.2) is 5.76 Å². The van der Waals surface area contributed by atoms with Gasteiger partial charge in [-0.05, 0) is 57.4 Å². The first-order chi connectivity index (χ1) is 13.6. The normalized spacial score (nSPS) is 12.2. The Kier molecular flexibility index (Phi) is 5.29. The van der Waals surface area contributed by atoms with Gasteiger partial charge < -0.3 is 9.52 Å². The highest BCUT2D eigenvalue weighted by Crippen LogP contribution is 2.34. The van der Waals surface area contributed by atoms with Gasteiger partial charge in [0.05, 0.1) is 5.56 Å². The summed E-state index contributed by atoms with van der Waals surface area (Å²) < 4.78 is 6.90. The van der Waals surface area contributed by atoms with Crippen molar-refractivity contribution < 1.29 is 14.3 Å². The number of pyridine rings is 1. The van der Waals surface area contributed by atoms with E-state index in [0.717, 1.165) is 10.1 Å². The summed E-state index contributed by atoms with van der Waals surface area (Å²) in [5.41, 5.74) is 1.13. The number of halogens is 1. The number of benzene rings is 1. The van der Waals surface area contributed by atoms with Crippen LogP contribution in [0.25, 0.3) is 11.0 Å². The largest absolute Gasteiger partial charge is 0.494 e. The number of aryl methyl sites for hydroxylation is 2. The summed E-state index contributed by atoms with van der Waals surface area (Å²) in [5.74, 6) is -1.01. The third kappa shape index (κ3) is 3.12. The van der Waals surface area contributed by atoms with Crippen molar-refractivity contribution in [3.63, 3.8) is 0 Å². The molecule has 1 N–H and O–H groups in total. The molecule has 6 nitrogen and oxygen atoms in total. The molecule has 0 aliphatic carbocycles. The fourth-order valence-electron chi connectivity index (χ4n) is 3.46. The summed E-state index contributed by atoms with van der Waals surface area (Å²) in [4.78, 5) is 26.0. The maximum absolute atomic E-state index is 13.4. The molecule has 0 aliphatic heterocycles. The number of aromatic nitrogens is 1. The number of hydrogen-bond donors (Lipinski definition) is 1. The average Bonchev–Trinajstić information content (AvgIpc) is 2.98. The molecule has 150 valence electrons. The lowest BCUT2D eigenvalue weighted by atomic mass is 9.98. The lowest BCUT2D eigenvalue weighted by Crippen LogP contribution is -2.28. The van der Waals surface area contributed by atoms with Crippen LogP contribution in [0.2, 0.25) is 5.02 Å². The summed E-state index contributed by atoms with van der Waals surface area (Å²) in [5, 5.41) is 21.6. The molecule has 0 fully saturated rings. The highest BCUT2D eigenvalue weighted by Gasteiger charge is 2.29. The standard InChI is InChI=1S/C22H21ClN2O4/c1-6-11(3)25-21(27)15(9-24)12(4)18(22(25)28)19(26)20-13(5)14-8-16(23)10(2)7-17(14)29-20/h7-8,11,28H,6H2,1-5H3. The second kappa shape index (κ2) is 7.41. The fourth-order valence-corrected chi connectivity index (χ4v) is 3.62. The summed E-state index contributed by atoms with van der Waals surface area (Å²) in [6.07, 6.45) is 0.538. The molecule has 3 aromatic rings. The van der Waals surface area contributed by atoms with E-state index in [1.165, 1.54) is 6.92 Å². The monoisotopic (exact) mass is 412 g/mol. The Morgan fingerprint density at radius 2 is 1.97 bits per heavy atom. The van der Waals surface area contributed by atoms with E-state index >= 15 is 0 Å². The van der Waals surface area contributed by atoms with E-state index in [0.29, 0.717) is 28.0 Å². The van der Waals surface area contributed by atoms with Crippen molar-refractivity contribution in [3.8, 4) is 11.9 Å². The number of nitrogens with zero attached hydrogens (tertiary/aromatic N) is 2. The van der Waals surface area contributed by atoms with Gasteiger partial charge in [-0.25, -0.2) is 0 Å². The van der Waals surface area contributed by atoms with Crippen LogP contribution in [0.1, 0.15) is 64.7 Å². The first kappa shape index (κ1) is 20.7. The van der Waals surface area contributed by atoms with E-state index in [4.69, 9.17) is 16.0 Å². The van der Waals surface area contributed by atoms with Gasteiger partial charge in [-0.2, -0.15) is 5.26 Å². The Morgan fingerprint density at radius 3 is 2.55 bits per heavy atom. The molecule has 29 heavy (non-hydrogen) atoms. The van der Waals surface area contributed by atoms with Gasteiger partial charge in [0.25, 0.3) is 5.56 Å². The molecule has 0 bridgehead atoms. The van der Waals surface area contributed by atoms with Crippen LogP contribution in [-0.2, 0) is 0 Å². The van der Waals surface area contributed by atoms with Gasteiger partial charge >= 0.3 is 0 Å². The summed E-state index contributed by atoms with van der Waals surface area (Å²) in [6.45, 7) is 8.63. The summed E-state index contributed by atoms with van der Waals surface area (Å²) in [7, 11) is 0. The zero-order valence-corrected chi connectivity index (χ0v) is 17.6. The molecule has 2 heterocycles. The number of ketones is 1. The Hall–Kier alpha value is -3.04. The van der Waals surface area contributed by atoms with Crippen molar-refractivity contribution in [2.45, 2.75) is 47.1 Å². The number of aromatic hydroxyl groups is 1. The Balaban J connectivity index is 2.33. The number of hydrogen-bond acceptors (Lipinski definition) is 5. The first-order valence-corrected chi connectivity index (χ1v) is 9.63. The quantitative estimate of drug-likeness (QED) is 0.611. The lowest BCUT2D eigenvalue weighted by Gasteiger charge is -2.19. The molecule has 1 aromatic carbocycles. The SMILES string of the molecule is CCC(C)n1c(O)c(C(=O)c2oc3cc(C)c(Cl)cc3c2C)c(C)c(C#N)c1=O. The topological polar surface area (TPSA) is 96.2 Å². The van der Waals surface area contributed by atoms with Gasteiger partial charge in [-0.1, -0.05) is 18.5 Å². The minimum Gasteiger partial charge on any atom is -0.494 e. The third-order valence-electron chi connectivity index (χ3n) is 5.43. The minimum absolute atomic E-state index is 0.0401. The highest BCUT2D eigenvalue weighted by molar-refractivity contribution is 6.32. The van der Waals surface area contributed by atoms with E-state index in [2.05, 4.69) is 0 Å². The van der Waals surface area contributed by atoms with Gasteiger partial charge in [-0.15, -0.1) is 0 Å². The van der Waals surface area contributed by atoms with Crippen molar-refractivity contribution in [1.29, 1.82) is 5.26 Å². The Labute approximate surface area is 172 Å². The predicted octanol–water partition coefficient (Wildman–Crippen LogP) is 4.95. The molecule has 7 heteroatoms. The smallest absolute Gasteiger partial charge is 0.271 e. The molecule has 0 radical (unpaired) electrons. The predicted molar refractivity (Wildman–Crippen MR) is 111 cm³/mol. The van der Waals surface area contributed by atoms with Crippen molar-refractivity contribution >= 4 is 28.4 Å². The Morgan fingerprint density at radius 1 is 1.31 bits per heavy atom. The van der Waals surface area contributed by atoms with E-state index in [9.17, 15) is 20.0 Å². The molecule has 1 unspecified atom stereocenters. The van der Waals surface area contributed by atoms with Gasteiger partial charge in [-0.3, -0.25) is 14.2 Å². The zero-order chi connectivity index (χ0) is 21.6. The highest BCUT2D eigenvalue weighted by atomic mass is 35.5. The van der Waals surface area contributed by atoms with E-state index < -0.39 is 17.2 Å². The van der Waals surface area contributed by atoms with E-state index in [-0.39, 0.29) is 28.5 Å². The van der Waals surface area contributed by atoms with Crippen LogP contribution in [0.4, 0.5) is 0 Å². The molecule has 3 rings (SSSR count). The molecule has 0 saturated carbocycles. The van der Waals surface area contributed by atoms with Crippen LogP contribution in [0.15, 0.2) is 21.3 Å². The fraction of sp³-hybridized carbons (Fsp3) is 0.318. The molecular formula is C22H21ClN2O4. The zero-order valence-electron chi connectivity index (χ0n) is 16.9. The lowest BCUT2D eigenvalue weighted by molar-refractivity contribution is 0.100.